The highest BCUT2D eigenvalue weighted by molar-refractivity contribution is 8.00. The molecular weight excluding hydrogens is 371 g/mol. The second kappa shape index (κ2) is 7.43. The quantitative estimate of drug-likeness (QED) is 0.732. The Kier molecular flexibility index (Phi) is 4.85. The molecule has 9 heteroatoms. The molecule has 1 saturated heterocycles. The van der Waals surface area contributed by atoms with Gasteiger partial charge in [-0.1, -0.05) is 11.2 Å². The van der Waals surface area contributed by atoms with Crippen LogP contribution in [-0.4, -0.2) is 51.9 Å². The topological polar surface area (TPSA) is 88.7 Å². The summed E-state index contributed by atoms with van der Waals surface area (Å²) in [6, 6.07) is 6.04. The Morgan fingerprint density at radius 3 is 2.81 bits per heavy atom. The summed E-state index contributed by atoms with van der Waals surface area (Å²) >= 11 is 1.37. The molecule has 0 radical (unpaired) electrons. The molecule has 0 bridgehead atoms. The first kappa shape index (κ1) is 17.6. The second-order valence-corrected chi connectivity index (χ2v) is 7.26. The lowest BCUT2D eigenvalue weighted by molar-refractivity contribution is -0.133. The van der Waals surface area contributed by atoms with E-state index in [2.05, 4.69) is 15.1 Å². The summed E-state index contributed by atoms with van der Waals surface area (Å²) in [6.45, 7) is 0.994. The highest BCUT2D eigenvalue weighted by Crippen LogP contribution is 2.29. The van der Waals surface area contributed by atoms with Gasteiger partial charge in [-0.05, 0) is 30.3 Å². The van der Waals surface area contributed by atoms with Crippen molar-refractivity contribution in [2.75, 3.05) is 18.8 Å². The molecule has 3 heterocycles. The number of nitrogens with zero attached hydrogens (tertiary/aromatic N) is 4. The molecule has 27 heavy (non-hydrogen) atoms. The highest BCUT2D eigenvalue weighted by atomic mass is 32.2. The van der Waals surface area contributed by atoms with Gasteiger partial charge in [0.1, 0.15) is 11.7 Å². The van der Waals surface area contributed by atoms with E-state index in [4.69, 9.17) is 4.52 Å². The molecule has 2 aromatic rings. The van der Waals surface area contributed by atoms with E-state index in [1.165, 1.54) is 30.1 Å². The molecule has 4 rings (SSSR count). The van der Waals surface area contributed by atoms with Crippen molar-refractivity contribution in [3.8, 4) is 0 Å². The predicted molar refractivity (Wildman–Crippen MR) is 96.1 cm³/mol. The van der Waals surface area contributed by atoms with E-state index in [1.807, 2.05) is 0 Å². The summed E-state index contributed by atoms with van der Waals surface area (Å²) in [5.41, 5.74) is 0. The van der Waals surface area contributed by atoms with Crippen LogP contribution in [0.1, 0.15) is 23.6 Å². The number of likely N-dealkylation sites (tertiary alicyclic amines) is 1. The molecule has 0 aliphatic carbocycles. The van der Waals surface area contributed by atoms with E-state index in [0.717, 1.165) is 4.90 Å². The summed E-state index contributed by atoms with van der Waals surface area (Å²) < 4.78 is 18.2. The Labute approximate surface area is 158 Å². The number of hydrogen-bond acceptors (Lipinski definition) is 6. The molecule has 1 atom stereocenters. The van der Waals surface area contributed by atoms with Crippen molar-refractivity contribution in [2.24, 2.45) is 4.99 Å². The maximum Gasteiger partial charge on any atom is 0.260 e. The van der Waals surface area contributed by atoms with E-state index >= 15 is 0 Å². The zero-order chi connectivity index (χ0) is 18.8. The number of dihydropyridines is 1. The number of rotatable bonds is 5. The lowest BCUT2D eigenvalue weighted by Gasteiger charge is -2.37. The Bertz CT molecular complexity index is 919. The number of aliphatic imine (C=N–C) groups is 1. The van der Waals surface area contributed by atoms with Gasteiger partial charge in [0.05, 0.1) is 11.7 Å². The third-order valence-electron chi connectivity index (χ3n) is 4.35. The zero-order valence-electron chi connectivity index (χ0n) is 14.1. The van der Waals surface area contributed by atoms with Crippen LogP contribution in [0.2, 0.25) is 0 Å². The number of benzene rings is 1. The van der Waals surface area contributed by atoms with Gasteiger partial charge in [0.25, 0.3) is 5.91 Å². The minimum Gasteiger partial charge on any atom is -0.340 e. The third kappa shape index (κ3) is 3.82. The third-order valence-corrected chi connectivity index (χ3v) is 5.35. The molecule has 1 fully saturated rings. The number of allylic oxidation sites excluding steroid dienone is 1. The molecule has 2 amide bonds. The second-order valence-electron chi connectivity index (χ2n) is 6.21. The maximum absolute atomic E-state index is 12.9. The van der Waals surface area contributed by atoms with Crippen LogP contribution in [-0.2, 0) is 9.59 Å². The lowest BCUT2D eigenvalue weighted by Crippen LogP contribution is -2.49. The molecule has 1 aromatic carbocycles. The molecule has 2 aliphatic rings. The number of amides is 2. The molecule has 0 N–H and O–H groups in total. The Hall–Kier alpha value is -2.81. The van der Waals surface area contributed by atoms with Crippen molar-refractivity contribution in [1.29, 1.82) is 0 Å². The largest absolute Gasteiger partial charge is 0.340 e. The molecule has 1 aromatic heterocycles. The first-order chi connectivity index (χ1) is 13.1. The molecule has 2 aliphatic heterocycles. The first-order valence-corrected chi connectivity index (χ1v) is 9.33. The van der Waals surface area contributed by atoms with Crippen LogP contribution >= 0.6 is 11.8 Å². The molecule has 138 valence electrons. The zero-order valence-corrected chi connectivity index (χ0v) is 14.9. The summed E-state index contributed by atoms with van der Waals surface area (Å²) in [4.78, 5) is 34.6. The summed E-state index contributed by atoms with van der Waals surface area (Å²) in [6.07, 6.45) is 4.77. The maximum atomic E-state index is 12.9. The summed E-state index contributed by atoms with van der Waals surface area (Å²) in [5, 5.41) is 3.88. The summed E-state index contributed by atoms with van der Waals surface area (Å²) in [7, 11) is 0. The van der Waals surface area contributed by atoms with Crippen molar-refractivity contribution in [3.63, 3.8) is 0 Å². The van der Waals surface area contributed by atoms with Crippen molar-refractivity contribution >= 4 is 29.8 Å². The SMILES string of the molecule is O=C1N=CC=CC1c1noc(C2CN(C(=O)CSc3ccc(F)cc3)C2)n1. The van der Waals surface area contributed by atoms with Crippen LogP contribution in [0.4, 0.5) is 4.39 Å². The lowest BCUT2D eigenvalue weighted by atomic mass is 10.00. The van der Waals surface area contributed by atoms with Crippen molar-refractivity contribution in [1.82, 2.24) is 15.0 Å². The van der Waals surface area contributed by atoms with Gasteiger partial charge in [-0.25, -0.2) is 9.38 Å². The van der Waals surface area contributed by atoms with Gasteiger partial charge < -0.3 is 9.42 Å². The molecule has 0 saturated carbocycles. The van der Waals surface area contributed by atoms with Gasteiger partial charge in [0.2, 0.25) is 11.8 Å². The Balaban J connectivity index is 1.28. The van der Waals surface area contributed by atoms with Gasteiger partial charge in [-0.3, -0.25) is 9.59 Å². The first-order valence-electron chi connectivity index (χ1n) is 8.34. The Morgan fingerprint density at radius 1 is 1.30 bits per heavy atom. The fourth-order valence-electron chi connectivity index (χ4n) is 2.78. The summed E-state index contributed by atoms with van der Waals surface area (Å²) in [5.74, 6) is -0.266. The number of thioether (sulfide) groups is 1. The van der Waals surface area contributed by atoms with E-state index in [-0.39, 0.29) is 29.3 Å². The number of carbonyl (C=O) groups excluding carboxylic acids is 2. The molecular formula is C18H15FN4O3S. The van der Waals surface area contributed by atoms with Crippen molar-refractivity contribution in [2.45, 2.75) is 16.7 Å². The van der Waals surface area contributed by atoms with Crippen LogP contribution in [0.5, 0.6) is 0 Å². The number of halogens is 1. The van der Waals surface area contributed by atoms with Crippen LogP contribution in [0.3, 0.4) is 0 Å². The van der Waals surface area contributed by atoms with Gasteiger partial charge in [-0.2, -0.15) is 4.98 Å². The monoisotopic (exact) mass is 386 g/mol. The fraction of sp³-hybridized carbons (Fsp3) is 0.278. The van der Waals surface area contributed by atoms with Crippen LogP contribution in [0.15, 0.2) is 50.8 Å². The average molecular weight is 386 g/mol. The predicted octanol–water partition coefficient (Wildman–Crippen LogP) is 2.18. The van der Waals surface area contributed by atoms with Crippen molar-refractivity contribution < 1.29 is 18.5 Å². The van der Waals surface area contributed by atoms with E-state index < -0.39 is 5.92 Å². The molecule has 7 nitrogen and oxygen atoms in total. The van der Waals surface area contributed by atoms with Crippen LogP contribution < -0.4 is 0 Å². The number of hydrogen-bond donors (Lipinski definition) is 0. The van der Waals surface area contributed by atoms with Crippen molar-refractivity contribution in [3.05, 3.63) is 53.9 Å². The highest BCUT2D eigenvalue weighted by Gasteiger charge is 2.36. The van der Waals surface area contributed by atoms with E-state index in [1.54, 1.807) is 29.2 Å². The minimum absolute atomic E-state index is 0.0000394. The normalized spacial score (nSPS) is 19.4. The fourth-order valence-corrected chi connectivity index (χ4v) is 3.58. The van der Waals surface area contributed by atoms with E-state index in [0.29, 0.717) is 24.8 Å². The standard InChI is InChI=1S/C18H15FN4O3S/c19-12-3-5-13(6-4-12)27-10-15(24)23-8-11(9-23)18-21-16(22-26-18)14-2-1-7-20-17(14)25/h1-7,11,14H,8-10H2. The van der Waals surface area contributed by atoms with Crippen LogP contribution in [0, 0.1) is 5.82 Å². The van der Waals surface area contributed by atoms with Gasteiger partial charge >= 0.3 is 0 Å². The number of aromatic nitrogens is 2. The molecule has 1 unspecified atom stereocenters. The smallest absolute Gasteiger partial charge is 0.260 e. The van der Waals surface area contributed by atoms with Crippen LogP contribution in [0.25, 0.3) is 0 Å². The minimum atomic E-state index is -0.613. The average Bonchev–Trinajstić information content (AvgIpc) is 3.10. The Morgan fingerprint density at radius 2 is 2.07 bits per heavy atom. The van der Waals surface area contributed by atoms with E-state index in [9.17, 15) is 14.0 Å². The van der Waals surface area contributed by atoms with Gasteiger partial charge in [-0.15, -0.1) is 11.8 Å². The molecule has 0 spiro atoms. The van der Waals surface area contributed by atoms with Gasteiger partial charge in [0, 0.05) is 24.2 Å². The number of carbonyl (C=O) groups is 2. The van der Waals surface area contributed by atoms with Gasteiger partial charge in [0.15, 0.2) is 5.82 Å².